The molecule has 1 aromatic heterocycles. The molecule has 9 nitrogen and oxygen atoms in total. The van der Waals surface area contributed by atoms with Crippen molar-refractivity contribution in [2.24, 2.45) is 0 Å². The second-order valence-electron chi connectivity index (χ2n) is 3.93. The molecule has 1 aromatic rings. The van der Waals surface area contributed by atoms with Gasteiger partial charge in [-0.05, 0) is 12.8 Å². The maximum atomic E-state index is 11.6. The monoisotopic (exact) mass is 256 g/mol. The molecule has 1 aliphatic rings. The summed E-state index contributed by atoms with van der Waals surface area (Å²) in [5.41, 5.74) is 4.15. The van der Waals surface area contributed by atoms with Gasteiger partial charge in [0.1, 0.15) is 6.23 Å². The zero-order valence-electron chi connectivity index (χ0n) is 9.35. The number of rotatable bonds is 3. The molecule has 2 atom stereocenters. The fraction of sp³-hybridized carbons (Fsp3) is 0.556. The Morgan fingerprint density at radius 3 is 2.94 bits per heavy atom. The third kappa shape index (κ3) is 2.17. The minimum absolute atomic E-state index is 0.157. The highest BCUT2D eigenvalue weighted by atomic mass is 16.6. The lowest BCUT2D eigenvalue weighted by Crippen LogP contribution is -2.28. The lowest BCUT2D eigenvalue weighted by atomic mass is 10.2. The van der Waals surface area contributed by atoms with Crippen molar-refractivity contribution >= 4 is 11.5 Å². The number of anilines is 1. The van der Waals surface area contributed by atoms with Crippen molar-refractivity contribution in [2.45, 2.75) is 25.2 Å². The van der Waals surface area contributed by atoms with Gasteiger partial charge in [0, 0.05) is 0 Å². The molecular weight excluding hydrogens is 244 g/mol. The van der Waals surface area contributed by atoms with Crippen molar-refractivity contribution in [2.75, 3.05) is 12.3 Å². The van der Waals surface area contributed by atoms with Gasteiger partial charge in [-0.25, -0.2) is 4.79 Å². The molecule has 2 rings (SSSR count). The second-order valence-corrected chi connectivity index (χ2v) is 3.93. The molecule has 1 saturated heterocycles. The molecule has 3 N–H and O–H groups in total. The molecule has 1 fully saturated rings. The van der Waals surface area contributed by atoms with E-state index in [0.717, 1.165) is 10.8 Å². The number of aliphatic hydroxyl groups is 1. The average Bonchev–Trinajstić information content (AvgIpc) is 2.77. The quantitative estimate of drug-likeness (QED) is 0.544. The second kappa shape index (κ2) is 4.70. The number of aromatic nitrogens is 2. The molecule has 0 radical (unpaired) electrons. The summed E-state index contributed by atoms with van der Waals surface area (Å²) >= 11 is 0. The smallest absolute Gasteiger partial charge is 0.352 e. The van der Waals surface area contributed by atoms with E-state index in [9.17, 15) is 14.9 Å². The van der Waals surface area contributed by atoms with Gasteiger partial charge in [0.05, 0.1) is 23.8 Å². The first-order valence-electron chi connectivity index (χ1n) is 5.32. The number of ether oxygens (including phenoxy) is 1. The molecule has 2 heterocycles. The third-order valence-corrected chi connectivity index (χ3v) is 2.76. The largest absolute Gasteiger partial charge is 0.394 e. The van der Waals surface area contributed by atoms with Crippen molar-refractivity contribution in [3.63, 3.8) is 0 Å². The van der Waals surface area contributed by atoms with Crippen molar-refractivity contribution in [3.8, 4) is 0 Å². The van der Waals surface area contributed by atoms with Crippen molar-refractivity contribution in [1.82, 2.24) is 9.55 Å². The summed E-state index contributed by atoms with van der Waals surface area (Å²) in [6, 6.07) is 0. The van der Waals surface area contributed by atoms with E-state index in [1.54, 1.807) is 0 Å². The lowest BCUT2D eigenvalue weighted by molar-refractivity contribution is -0.384. The van der Waals surface area contributed by atoms with Crippen LogP contribution in [0.1, 0.15) is 19.1 Å². The van der Waals surface area contributed by atoms with Gasteiger partial charge < -0.3 is 15.6 Å². The Morgan fingerprint density at radius 2 is 2.39 bits per heavy atom. The number of nitro groups is 1. The first-order chi connectivity index (χ1) is 8.52. The topological polar surface area (TPSA) is 134 Å². The van der Waals surface area contributed by atoms with Crippen LogP contribution in [0.3, 0.4) is 0 Å². The number of nitrogens with two attached hydrogens (primary N) is 1. The Kier molecular flexibility index (Phi) is 3.26. The number of hydrogen-bond donors (Lipinski definition) is 2. The lowest BCUT2D eigenvalue weighted by Gasteiger charge is -2.14. The minimum Gasteiger partial charge on any atom is -0.394 e. The van der Waals surface area contributed by atoms with E-state index in [0.29, 0.717) is 12.8 Å². The van der Waals surface area contributed by atoms with Crippen LogP contribution in [0, 0.1) is 10.1 Å². The first kappa shape index (κ1) is 12.5. The summed E-state index contributed by atoms with van der Waals surface area (Å²) in [5.74, 6) is -0.419. The fourth-order valence-electron chi connectivity index (χ4n) is 1.84. The third-order valence-electron chi connectivity index (χ3n) is 2.76. The summed E-state index contributed by atoms with van der Waals surface area (Å²) in [6.07, 6.45) is 1.06. The maximum absolute atomic E-state index is 11.6. The van der Waals surface area contributed by atoms with E-state index in [4.69, 9.17) is 15.6 Å². The molecule has 0 aliphatic carbocycles. The summed E-state index contributed by atoms with van der Waals surface area (Å²) in [4.78, 5) is 25.0. The van der Waals surface area contributed by atoms with Crippen LogP contribution in [0.25, 0.3) is 0 Å². The Morgan fingerprint density at radius 1 is 1.67 bits per heavy atom. The van der Waals surface area contributed by atoms with E-state index < -0.39 is 28.3 Å². The van der Waals surface area contributed by atoms with E-state index in [2.05, 4.69) is 4.98 Å². The number of nitrogens with zero attached hydrogens (tertiary/aromatic N) is 3. The standard InChI is InChI=1S/C9H12N4O5/c10-8-6(13(16)17)3-12(9(15)11-8)7-2-1-5(4-14)18-7/h3,5,7,14H,1-2,4H2,(H2,10,11,15)/t5-,7?/m0/s1. The van der Waals surface area contributed by atoms with Crippen LogP contribution in [0.15, 0.2) is 11.0 Å². The zero-order chi connectivity index (χ0) is 13.3. The minimum atomic E-state index is -0.712. The van der Waals surface area contributed by atoms with Crippen LogP contribution in [0.2, 0.25) is 0 Å². The Bertz CT molecular complexity index is 528. The Labute approximate surface area is 101 Å². The van der Waals surface area contributed by atoms with Crippen LogP contribution < -0.4 is 11.4 Å². The molecule has 0 bridgehead atoms. The highest BCUT2D eigenvalue weighted by Gasteiger charge is 2.28. The molecule has 0 spiro atoms. The Balaban J connectivity index is 2.36. The molecule has 9 heteroatoms. The van der Waals surface area contributed by atoms with Crippen LogP contribution >= 0.6 is 0 Å². The SMILES string of the molecule is Nc1nc(=O)n(C2CC[C@@H](CO)O2)cc1[N+](=O)[O-]. The Hall–Kier alpha value is -2.00. The predicted octanol–water partition coefficient (Wildman–Crippen LogP) is -0.596. The van der Waals surface area contributed by atoms with Crippen molar-refractivity contribution in [3.05, 3.63) is 26.8 Å². The van der Waals surface area contributed by atoms with E-state index in [1.807, 2.05) is 0 Å². The van der Waals surface area contributed by atoms with Gasteiger partial charge in [0.25, 0.3) is 0 Å². The van der Waals surface area contributed by atoms with Gasteiger partial charge >= 0.3 is 11.4 Å². The van der Waals surface area contributed by atoms with Crippen molar-refractivity contribution in [1.29, 1.82) is 0 Å². The summed E-state index contributed by atoms with van der Waals surface area (Å²) in [6.45, 7) is -0.157. The molecule has 1 unspecified atom stereocenters. The fourth-order valence-corrected chi connectivity index (χ4v) is 1.84. The highest BCUT2D eigenvalue weighted by Crippen LogP contribution is 2.28. The van der Waals surface area contributed by atoms with Gasteiger partial charge in [-0.3, -0.25) is 14.7 Å². The average molecular weight is 256 g/mol. The maximum Gasteiger partial charge on any atom is 0.352 e. The van der Waals surface area contributed by atoms with E-state index in [-0.39, 0.29) is 12.7 Å². The van der Waals surface area contributed by atoms with E-state index >= 15 is 0 Å². The summed E-state index contributed by atoms with van der Waals surface area (Å²) in [7, 11) is 0. The predicted molar refractivity (Wildman–Crippen MR) is 59.8 cm³/mol. The molecular formula is C9H12N4O5. The van der Waals surface area contributed by atoms with Crippen molar-refractivity contribution < 1.29 is 14.8 Å². The number of aliphatic hydroxyl groups excluding tert-OH is 1. The normalized spacial score (nSPS) is 23.2. The van der Waals surface area contributed by atoms with Gasteiger partial charge in [0.15, 0.2) is 0 Å². The number of hydrogen-bond acceptors (Lipinski definition) is 7. The highest BCUT2D eigenvalue weighted by molar-refractivity contribution is 5.49. The van der Waals surface area contributed by atoms with Gasteiger partial charge in [-0.2, -0.15) is 4.98 Å². The molecule has 98 valence electrons. The summed E-state index contributed by atoms with van der Waals surface area (Å²) in [5, 5.41) is 19.6. The van der Waals surface area contributed by atoms with Crippen LogP contribution in [0.4, 0.5) is 11.5 Å². The van der Waals surface area contributed by atoms with Gasteiger partial charge in [-0.15, -0.1) is 0 Å². The molecule has 0 aromatic carbocycles. The molecule has 0 saturated carbocycles. The molecule has 1 aliphatic heterocycles. The van der Waals surface area contributed by atoms with Gasteiger partial charge in [-0.1, -0.05) is 0 Å². The number of nitrogen functional groups attached to an aromatic ring is 1. The van der Waals surface area contributed by atoms with Crippen LogP contribution in [0.5, 0.6) is 0 Å². The van der Waals surface area contributed by atoms with Crippen LogP contribution in [-0.2, 0) is 4.74 Å². The molecule has 18 heavy (non-hydrogen) atoms. The first-order valence-corrected chi connectivity index (χ1v) is 5.32. The summed E-state index contributed by atoms with van der Waals surface area (Å²) < 4.78 is 6.39. The zero-order valence-corrected chi connectivity index (χ0v) is 9.35. The molecule has 0 amide bonds. The van der Waals surface area contributed by atoms with Gasteiger partial charge in [0.2, 0.25) is 5.82 Å². The van der Waals surface area contributed by atoms with E-state index in [1.165, 1.54) is 0 Å². The van der Waals surface area contributed by atoms with Crippen LogP contribution in [-0.4, -0.2) is 32.3 Å².